The van der Waals surface area contributed by atoms with Gasteiger partial charge in [-0.1, -0.05) is 30.3 Å². The Labute approximate surface area is 139 Å². The van der Waals surface area contributed by atoms with Gasteiger partial charge in [0, 0.05) is 12.7 Å². The smallest absolute Gasteiger partial charge is 0.261 e. The van der Waals surface area contributed by atoms with Gasteiger partial charge in [-0.2, -0.15) is 0 Å². The molecule has 0 spiro atoms. The fraction of sp³-hybridized carbons (Fsp3) is 0.158. The minimum Gasteiger partial charge on any atom is -0.464 e. The lowest BCUT2D eigenvalue weighted by Gasteiger charge is -2.15. The Balaban J connectivity index is 1.81. The van der Waals surface area contributed by atoms with Crippen molar-refractivity contribution in [1.82, 2.24) is 9.88 Å². The second kappa shape index (κ2) is 6.58. The van der Waals surface area contributed by atoms with E-state index in [-0.39, 0.29) is 11.5 Å². The van der Waals surface area contributed by atoms with E-state index in [1.54, 1.807) is 19.2 Å². The van der Waals surface area contributed by atoms with E-state index in [4.69, 9.17) is 4.42 Å². The number of nitrogens with zero attached hydrogens (tertiary/aromatic N) is 1. The Kier molecular flexibility index (Phi) is 4.33. The Morgan fingerprint density at radius 1 is 1.08 bits per heavy atom. The molecule has 2 heterocycles. The molecular formula is C19H18N2O3. The van der Waals surface area contributed by atoms with Crippen molar-refractivity contribution < 1.29 is 9.21 Å². The van der Waals surface area contributed by atoms with Crippen LogP contribution < -0.4 is 5.56 Å². The van der Waals surface area contributed by atoms with Gasteiger partial charge in [-0.05, 0) is 36.8 Å². The third-order valence-electron chi connectivity index (χ3n) is 3.76. The van der Waals surface area contributed by atoms with E-state index in [0.717, 1.165) is 11.3 Å². The predicted molar refractivity (Wildman–Crippen MR) is 91.7 cm³/mol. The van der Waals surface area contributed by atoms with Crippen molar-refractivity contribution in [3.63, 3.8) is 0 Å². The van der Waals surface area contributed by atoms with Crippen LogP contribution in [-0.4, -0.2) is 22.8 Å². The maximum atomic E-state index is 12.5. The molecule has 0 atom stereocenters. The number of aryl methyl sites for hydroxylation is 1. The van der Waals surface area contributed by atoms with E-state index in [1.807, 2.05) is 49.4 Å². The second-order valence-electron chi connectivity index (χ2n) is 5.65. The normalized spacial score (nSPS) is 10.6. The second-order valence-corrected chi connectivity index (χ2v) is 5.65. The first-order valence-corrected chi connectivity index (χ1v) is 7.64. The highest BCUT2D eigenvalue weighted by atomic mass is 16.3. The lowest BCUT2D eigenvalue weighted by atomic mass is 10.1. The average Bonchev–Trinajstić information content (AvgIpc) is 3.00. The van der Waals surface area contributed by atoms with E-state index in [1.165, 1.54) is 4.90 Å². The molecule has 0 fully saturated rings. The summed E-state index contributed by atoms with van der Waals surface area (Å²) in [6.07, 6.45) is 0. The summed E-state index contributed by atoms with van der Waals surface area (Å²) in [6, 6.07) is 16.5. The van der Waals surface area contributed by atoms with Gasteiger partial charge in [0.1, 0.15) is 17.1 Å². The predicted octanol–water partition coefficient (Wildman–Crippen LogP) is 3.22. The minimum absolute atomic E-state index is 0.112. The molecule has 0 unspecified atom stereocenters. The molecule has 1 aromatic carbocycles. The molecule has 0 aliphatic heterocycles. The molecule has 5 nitrogen and oxygen atoms in total. The third-order valence-corrected chi connectivity index (χ3v) is 3.76. The Bertz CT molecular complexity index is 910. The number of rotatable bonds is 4. The first-order valence-electron chi connectivity index (χ1n) is 7.64. The zero-order valence-electron chi connectivity index (χ0n) is 13.6. The minimum atomic E-state index is -0.399. The van der Waals surface area contributed by atoms with Crippen molar-refractivity contribution in [1.29, 1.82) is 0 Å². The number of carbonyl (C=O) groups excluding carboxylic acids is 1. The molecule has 0 aliphatic carbocycles. The maximum absolute atomic E-state index is 12.5. The largest absolute Gasteiger partial charge is 0.464 e. The van der Waals surface area contributed by atoms with Gasteiger partial charge in [0.2, 0.25) is 0 Å². The van der Waals surface area contributed by atoms with Gasteiger partial charge in [-0.15, -0.1) is 0 Å². The van der Waals surface area contributed by atoms with Crippen LogP contribution in [0.2, 0.25) is 0 Å². The van der Waals surface area contributed by atoms with E-state index >= 15 is 0 Å². The maximum Gasteiger partial charge on any atom is 0.261 e. The van der Waals surface area contributed by atoms with Crippen LogP contribution in [0.4, 0.5) is 0 Å². The van der Waals surface area contributed by atoms with Crippen LogP contribution in [0.25, 0.3) is 11.3 Å². The topological polar surface area (TPSA) is 66.3 Å². The van der Waals surface area contributed by atoms with Crippen molar-refractivity contribution in [2.24, 2.45) is 0 Å². The van der Waals surface area contributed by atoms with E-state index in [0.29, 0.717) is 18.0 Å². The van der Waals surface area contributed by atoms with Gasteiger partial charge in [-0.3, -0.25) is 9.59 Å². The number of nitrogens with one attached hydrogen (secondary N) is 1. The number of benzene rings is 1. The fourth-order valence-electron chi connectivity index (χ4n) is 2.51. The molecule has 24 heavy (non-hydrogen) atoms. The van der Waals surface area contributed by atoms with Gasteiger partial charge >= 0.3 is 0 Å². The summed E-state index contributed by atoms with van der Waals surface area (Å²) < 4.78 is 5.47. The molecule has 2 aromatic heterocycles. The van der Waals surface area contributed by atoms with E-state index in [2.05, 4.69) is 4.98 Å². The van der Waals surface area contributed by atoms with Crippen molar-refractivity contribution in [2.75, 3.05) is 7.05 Å². The summed E-state index contributed by atoms with van der Waals surface area (Å²) in [4.78, 5) is 29.0. The standard InChI is InChI=1S/C19H18N2O3/c1-13-8-9-15(24-13)12-21(2)19(23)16-10-11-17(20-18(16)22)14-6-4-3-5-7-14/h3-11H,12H2,1-2H3,(H,20,22). The molecule has 1 amide bonds. The van der Waals surface area contributed by atoms with Crippen LogP contribution in [0.1, 0.15) is 21.9 Å². The number of aromatic nitrogens is 1. The van der Waals surface area contributed by atoms with Crippen molar-refractivity contribution >= 4 is 5.91 Å². The zero-order valence-corrected chi connectivity index (χ0v) is 13.6. The highest BCUT2D eigenvalue weighted by molar-refractivity contribution is 5.93. The number of pyridine rings is 1. The van der Waals surface area contributed by atoms with E-state index in [9.17, 15) is 9.59 Å². The fourth-order valence-corrected chi connectivity index (χ4v) is 2.51. The molecule has 3 aromatic rings. The van der Waals surface area contributed by atoms with E-state index < -0.39 is 5.56 Å². The first-order chi connectivity index (χ1) is 11.5. The van der Waals surface area contributed by atoms with Crippen molar-refractivity contribution in [3.8, 4) is 11.3 Å². The third kappa shape index (κ3) is 3.30. The molecule has 122 valence electrons. The van der Waals surface area contributed by atoms with Crippen molar-refractivity contribution in [3.05, 3.63) is 82.0 Å². The SMILES string of the molecule is Cc1ccc(CN(C)C(=O)c2ccc(-c3ccccc3)[nH]c2=O)o1. The van der Waals surface area contributed by atoms with Gasteiger partial charge in [-0.25, -0.2) is 0 Å². The molecule has 1 N–H and O–H groups in total. The van der Waals surface area contributed by atoms with Crippen LogP contribution >= 0.6 is 0 Å². The van der Waals surface area contributed by atoms with Gasteiger partial charge in [0.05, 0.1) is 6.54 Å². The van der Waals surface area contributed by atoms with Crippen molar-refractivity contribution in [2.45, 2.75) is 13.5 Å². The number of hydrogen-bond donors (Lipinski definition) is 1. The lowest BCUT2D eigenvalue weighted by Crippen LogP contribution is -2.31. The van der Waals surface area contributed by atoms with Crippen LogP contribution in [0.5, 0.6) is 0 Å². The zero-order chi connectivity index (χ0) is 17.1. The summed E-state index contributed by atoms with van der Waals surface area (Å²) in [6.45, 7) is 2.16. The number of hydrogen-bond acceptors (Lipinski definition) is 3. The quantitative estimate of drug-likeness (QED) is 0.802. The molecular weight excluding hydrogens is 304 g/mol. The average molecular weight is 322 g/mol. The molecule has 0 aliphatic rings. The molecule has 0 radical (unpaired) electrons. The number of aromatic amines is 1. The molecule has 0 saturated carbocycles. The van der Waals surface area contributed by atoms with Gasteiger partial charge in [0.15, 0.2) is 0 Å². The van der Waals surface area contributed by atoms with Gasteiger partial charge in [0.25, 0.3) is 11.5 Å². The summed E-state index contributed by atoms with van der Waals surface area (Å²) in [5, 5.41) is 0. The number of carbonyl (C=O) groups is 1. The van der Waals surface area contributed by atoms with Crippen LogP contribution in [-0.2, 0) is 6.54 Å². The molecule has 0 bridgehead atoms. The Morgan fingerprint density at radius 2 is 1.83 bits per heavy atom. The number of H-pyrrole nitrogens is 1. The Hall–Kier alpha value is -3.08. The van der Waals surface area contributed by atoms with Crippen LogP contribution in [0.15, 0.2) is 63.8 Å². The summed E-state index contributed by atoms with van der Waals surface area (Å²) >= 11 is 0. The Morgan fingerprint density at radius 3 is 2.46 bits per heavy atom. The molecule has 5 heteroatoms. The monoisotopic (exact) mass is 322 g/mol. The summed E-state index contributed by atoms with van der Waals surface area (Å²) in [7, 11) is 1.64. The molecule has 0 saturated heterocycles. The highest BCUT2D eigenvalue weighted by Crippen LogP contribution is 2.15. The van der Waals surface area contributed by atoms with Gasteiger partial charge < -0.3 is 14.3 Å². The number of furan rings is 1. The summed E-state index contributed by atoms with van der Waals surface area (Å²) in [5.41, 5.74) is 1.29. The van der Waals surface area contributed by atoms with Crippen LogP contribution in [0, 0.1) is 6.92 Å². The van der Waals surface area contributed by atoms with Crippen LogP contribution in [0.3, 0.4) is 0 Å². The summed E-state index contributed by atoms with van der Waals surface area (Å²) in [5.74, 6) is 1.13. The lowest BCUT2D eigenvalue weighted by molar-refractivity contribution is 0.0773. The highest BCUT2D eigenvalue weighted by Gasteiger charge is 2.17. The number of amides is 1. The first kappa shape index (κ1) is 15.8. The molecule has 3 rings (SSSR count).